The number of amides is 1. The first-order chi connectivity index (χ1) is 15.2. The highest BCUT2D eigenvalue weighted by Gasteiger charge is 2.29. The van der Waals surface area contributed by atoms with Gasteiger partial charge in [-0.3, -0.25) is 9.10 Å². The number of ether oxygens (including phenoxy) is 1. The molecule has 9 heteroatoms. The number of anilines is 1. The third-order valence-electron chi connectivity index (χ3n) is 4.81. The van der Waals surface area contributed by atoms with E-state index in [0.717, 1.165) is 9.87 Å². The average molecular weight is 493 g/mol. The molecule has 0 aliphatic carbocycles. The second-order valence-electron chi connectivity index (χ2n) is 6.96. The number of hydrogen-bond donors (Lipinski definition) is 1. The maximum atomic E-state index is 13.4. The maximum absolute atomic E-state index is 13.4. The maximum Gasteiger partial charge on any atom is 0.264 e. The van der Waals surface area contributed by atoms with Crippen molar-refractivity contribution in [3.05, 3.63) is 88.4 Å². The van der Waals surface area contributed by atoms with Gasteiger partial charge in [0.25, 0.3) is 10.0 Å². The first kappa shape index (κ1) is 23.9. The molecule has 0 bridgehead atoms. The van der Waals surface area contributed by atoms with Gasteiger partial charge in [0.1, 0.15) is 12.3 Å². The quantitative estimate of drug-likeness (QED) is 0.475. The first-order valence-corrected chi connectivity index (χ1v) is 11.9. The molecular formula is C23H22Cl2N2O4S. The van der Waals surface area contributed by atoms with E-state index >= 15 is 0 Å². The van der Waals surface area contributed by atoms with Crippen molar-refractivity contribution in [3.63, 3.8) is 0 Å². The van der Waals surface area contributed by atoms with Crippen LogP contribution >= 0.6 is 23.2 Å². The molecule has 0 aliphatic rings. The van der Waals surface area contributed by atoms with Crippen molar-refractivity contribution >= 4 is 44.8 Å². The molecule has 0 fully saturated rings. The summed E-state index contributed by atoms with van der Waals surface area (Å²) in [5.74, 6) is 0.201. The Morgan fingerprint density at radius 2 is 1.66 bits per heavy atom. The van der Waals surface area contributed by atoms with E-state index in [9.17, 15) is 13.2 Å². The van der Waals surface area contributed by atoms with Gasteiger partial charge in [-0.05, 0) is 48.9 Å². The van der Waals surface area contributed by atoms with Crippen LogP contribution in [0.25, 0.3) is 0 Å². The van der Waals surface area contributed by atoms with Gasteiger partial charge in [-0.15, -0.1) is 0 Å². The summed E-state index contributed by atoms with van der Waals surface area (Å²) in [6.07, 6.45) is 0. The van der Waals surface area contributed by atoms with Gasteiger partial charge in [0.2, 0.25) is 5.91 Å². The summed E-state index contributed by atoms with van der Waals surface area (Å²) in [5, 5.41) is 3.06. The van der Waals surface area contributed by atoms with Gasteiger partial charge >= 0.3 is 0 Å². The van der Waals surface area contributed by atoms with Crippen LogP contribution in [0.1, 0.15) is 18.5 Å². The Kier molecular flexibility index (Phi) is 7.66. The lowest BCUT2D eigenvalue weighted by Gasteiger charge is -2.26. The molecule has 3 rings (SSSR count). The standard InChI is InChI=1S/C23H22Cl2N2O4S/c1-16(17-11-13-18(31-2)14-12-17)26-22(28)15-27(21-10-6-9-20(24)23(21)25)32(29,30)19-7-4-3-5-8-19/h3-14,16H,15H2,1-2H3,(H,26,28). The zero-order valence-electron chi connectivity index (χ0n) is 17.5. The Morgan fingerprint density at radius 3 is 2.28 bits per heavy atom. The third kappa shape index (κ3) is 5.35. The number of halogens is 2. The highest BCUT2D eigenvalue weighted by molar-refractivity contribution is 7.92. The molecule has 6 nitrogen and oxygen atoms in total. The van der Waals surface area contributed by atoms with E-state index in [1.807, 2.05) is 19.1 Å². The number of benzene rings is 3. The fourth-order valence-electron chi connectivity index (χ4n) is 3.10. The number of carbonyl (C=O) groups is 1. The van der Waals surface area contributed by atoms with Crippen molar-refractivity contribution < 1.29 is 17.9 Å². The van der Waals surface area contributed by atoms with E-state index in [2.05, 4.69) is 5.32 Å². The van der Waals surface area contributed by atoms with Crippen LogP contribution in [0.5, 0.6) is 5.75 Å². The van der Waals surface area contributed by atoms with Gasteiger partial charge in [0, 0.05) is 0 Å². The average Bonchev–Trinajstić information content (AvgIpc) is 2.80. The molecule has 0 aliphatic heterocycles. The number of methoxy groups -OCH3 is 1. The van der Waals surface area contributed by atoms with Crippen molar-refractivity contribution in [3.8, 4) is 5.75 Å². The predicted octanol–water partition coefficient (Wildman–Crippen LogP) is 5.07. The molecule has 1 amide bonds. The smallest absolute Gasteiger partial charge is 0.264 e. The summed E-state index contributed by atoms with van der Waals surface area (Å²) in [6, 6.07) is 19.3. The van der Waals surface area contributed by atoms with E-state index in [4.69, 9.17) is 27.9 Å². The van der Waals surface area contributed by atoms with Crippen LogP contribution in [0.4, 0.5) is 5.69 Å². The van der Waals surface area contributed by atoms with Crippen LogP contribution < -0.4 is 14.4 Å². The Balaban J connectivity index is 1.90. The molecule has 0 saturated heterocycles. The van der Waals surface area contributed by atoms with Crippen LogP contribution in [-0.2, 0) is 14.8 Å². The summed E-state index contributed by atoms with van der Waals surface area (Å²) >= 11 is 12.4. The van der Waals surface area contributed by atoms with Gasteiger partial charge in [0.15, 0.2) is 0 Å². The molecule has 1 N–H and O–H groups in total. The minimum atomic E-state index is -4.09. The molecule has 0 aromatic heterocycles. The van der Waals surface area contributed by atoms with Crippen LogP contribution in [-0.4, -0.2) is 28.0 Å². The zero-order chi connectivity index (χ0) is 23.3. The van der Waals surface area contributed by atoms with Gasteiger partial charge < -0.3 is 10.1 Å². The highest BCUT2D eigenvalue weighted by atomic mass is 35.5. The second-order valence-corrected chi connectivity index (χ2v) is 9.61. The summed E-state index contributed by atoms with van der Waals surface area (Å²) in [5.41, 5.74) is 0.965. The minimum Gasteiger partial charge on any atom is -0.497 e. The van der Waals surface area contributed by atoms with E-state index < -0.39 is 22.5 Å². The molecule has 3 aromatic rings. The predicted molar refractivity (Wildman–Crippen MR) is 127 cm³/mol. The van der Waals surface area contributed by atoms with E-state index in [1.165, 1.54) is 18.2 Å². The molecule has 1 unspecified atom stereocenters. The van der Waals surface area contributed by atoms with E-state index in [0.29, 0.717) is 5.75 Å². The number of nitrogens with one attached hydrogen (secondary N) is 1. The van der Waals surface area contributed by atoms with Crippen molar-refractivity contribution in [1.29, 1.82) is 0 Å². The van der Waals surface area contributed by atoms with Crippen LogP contribution in [0.3, 0.4) is 0 Å². The van der Waals surface area contributed by atoms with Gasteiger partial charge in [-0.25, -0.2) is 8.42 Å². The number of nitrogens with zero attached hydrogens (tertiary/aromatic N) is 1. The molecular weight excluding hydrogens is 471 g/mol. The molecule has 3 aromatic carbocycles. The third-order valence-corrected chi connectivity index (χ3v) is 7.39. The molecule has 0 radical (unpaired) electrons. The molecule has 0 saturated carbocycles. The van der Waals surface area contributed by atoms with Crippen molar-refractivity contribution in [2.24, 2.45) is 0 Å². The summed E-state index contributed by atoms with van der Waals surface area (Å²) in [4.78, 5) is 12.9. The second kappa shape index (κ2) is 10.3. The zero-order valence-corrected chi connectivity index (χ0v) is 19.8. The molecule has 1 atom stereocenters. The molecule has 0 heterocycles. The van der Waals surface area contributed by atoms with Gasteiger partial charge in [0.05, 0.1) is 33.8 Å². The SMILES string of the molecule is COc1ccc(C(C)NC(=O)CN(c2cccc(Cl)c2Cl)S(=O)(=O)c2ccccc2)cc1. The number of carbonyl (C=O) groups excluding carboxylic acids is 1. The van der Waals surface area contributed by atoms with Gasteiger partial charge in [-0.2, -0.15) is 0 Å². The van der Waals surface area contributed by atoms with E-state index in [1.54, 1.807) is 49.6 Å². The number of rotatable bonds is 8. The fourth-order valence-corrected chi connectivity index (χ4v) is 5.00. The molecule has 168 valence electrons. The lowest BCUT2D eigenvalue weighted by Crippen LogP contribution is -2.41. The van der Waals surface area contributed by atoms with Crippen molar-refractivity contribution in [2.45, 2.75) is 17.9 Å². The van der Waals surface area contributed by atoms with Crippen molar-refractivity contribution in [2.75, 3.05) is 18.0 Å². The summed E-state index contributed by atoms with van der Waals surface area (Å²) in [7, 11) is -2.51. The minimum absolute atomic E-state index is 0.0343. The lowest BCUT2D eigenvalue weighted by molar-refractivity contribution is -0.120. The van der Waals surface area contributed by atoms with Crippen LogP contribution in [0.2, 0.25) is 10.0 Å². The topological polar surface area (TPSA) is 75.7 Å². The monoisotopic (exact) mass is 492 g/mol. The largest absolute Gasteiger partial charge is 0.497 e. The lowest BCUT2D eigenvalue weighted by atomic mass is 10.1. The van der Waals surface area contributed by atoms with Crippen molar-refractivity contribution in [1.82, 2.24) is 5.32 Å². The van der Waals surface area contributed by atoms with Crippen LogP contribution in [0.15, 0.2) is 77.7 Å². The Hall–Kier alpha value is -2.74. The normalized spacial score (nSPS) is 12.1. The number of sulfonamides is 1. The van der Waals surface area contributed by atoms with Gasteiger partial charge in [-0.1, -0.05) is 59.6 Å². The Bertz CT molecular complexity index is 1190. The molecule has 32 heavy (non-hydrogen) atoms. The highest BCUT2D eigenvalue weighted by Crippen LogP contribution is 2.35. The fraction of sp³-hybridized carbons (Fsp3) is 0.174. The Morgan fingerprint density at radius 1 is 1.00 bits per heavy atom. The van der Waals surface area contributed by atoms with Crippen LogP contribution in [0, 0.1) is 0 Å². The summed E-state index contributed by atoms with van der Waals surface area (Å²) in [6.45, 7) is 1.33. The Labute approximate surface area is 197 Å². The first-order valence-electron chi connectivity index (χ1n) is 9.69. The van der Waals surface area contributed by atoms with E-state index in [-0.39, 0.29) is 26.7 Å². The summed E-state index contributed by atoms with van der Waals surface area (Å²) < 4.78 is 32.9. The molecule has 0 spiro atoms. The number of hydrogen-bond acceptors (Lipinski definition) is 4.